The number of anilines is 1. The summed E-state index contributed by atoms with van der Waals surface area (Å²) >= 11 is 6.33. The first-order chi connectivity index (χ1) is 16.0. The Morgan fingerprint density at radius 2 is 2.09 bits per heavy atom. The number of amides is 1. The molecule has 0 spiro atoms. The van der Waals surface area contributed by atoms with Crippen molar-refractivity contribution < 1.29 is 9.53 Å². The summed E-state index contributed by atoms with van der Waals surface area (Å²) in [6.07, 6.45) is 3.93. The van der Waals surface area contributed by atoms with Crippen LogP contribution in [-0.2, 0) is 11.2 Å². The second kappa shape index (κ2) is 10.1. The molecule has 1 saturated heterocycles. The highest BCUT2D eigenvalue weighted by Crippen LogP contribution is 2.28. The highest BCUT2D eigenvalue weighted by Gasteiger charge is 2.26. The third-order valence-corrected chi connectivity index (χ3v) is 5.69. The van der Waals surface area contributed by atoms with Gasteiger partial charge in [0, 0.05) is 30.4 Å². The van der Waals surface area contributed by atoms with E-state index in [2.05, 4.69) is 19.9 Å². The van der Waals surface area contributed by atoms with Gasteiger partial charge in [0.15, 0.2) is 5.82 Å². The van der Waals surface area contributed by atoms with E-state index in [1.165, 1.54) is 6.33 Å². The molecule has 1 aliphatic rings. The number of fused-ring (bicyclic) bond motifs is 2. The summed E-state index contributed by atoms with van der Waals surface area (Å²) in [6.45, 7) is 5.74. The van der Waals surface area contributed by atoms with Gasteiger partial charge in [-0.1, -0.05) is 30.7 Å². The number of hydrogen-bond donors (Lipinski definition) is 1. The lowest BCUT2D eigenvalue weighted by molar-refractivity contribution is -0.0125. The summed E-state index contributed by atoms with van der Waals surface area (Å²) in [5.41, 5.74) is 8.34. The molecule has 1 aliphatic heterocycles. The fraction of sp³-hybridized carbons (Fsp3) is 0.292. The highest BCUT2D eigenvalue weighted by atomic mass is 35.5. The Morgan fingerprint density at radius 1 is 1.24 bits per heavy atom. The van der Waals surface area contributed by atoms with E-state index in [9.17, 15) is 4.79 Å². The molecule has 4 heterocycles. The molecular weight excluding hydrogens is 440 g/mol. The predicted molar refractivity (Wildman–Crippen MR) is 129 cm³/mol. The van der Waals surface area contributed by atoms with E-state index in [1.807, 2.05) is 44.2 Å². The minimum atomic E-state index is -0.0662. The third kappa shape index (κ3) is 5.02. The number of nitrogen functional groups attached to an aromatic ring is 1. The number of aromatic nitrogens is 4. The second-order valence-corrected chi connectivity index (χ2v) is 8.12. The third-order valence-electron chi connectivity index (χ3n) is 5.38. The molecule has 5 rings (SSSR count). The number of ether oxygens (including phenoxy) is 1. The minimum absolute atomic E-state index is 0.0498. The molecule has 8 nitrogen and oxygen atoms in total. The summed E-state index contributed by atoms with van der Waals surface area (Å²) < 4.78 is 5.51. The van der Waals surface area contributed by atoms with Crippen molar-refractivity contribution in [1.29, 1.82) is 0 Å². The van der Waals surface area contributed by atoms with Gasteiger partial charge in [0.05, 0.1) is 23.3 Å². The fourth-order valence-corrected chi connectivity index (χ4v) is 3.99. The van der Waals surface area contributed by atoms with Crippen molar-refractivity contribution in [3.05, 3.63) is 65.3 Å². The quantitative estimate of drug-likeness (QED) is 0.479. The van der Waals surface area contributed by atoms with E-state index >= 15 is 0 Å². The van der Waals surface area contributed by atoms with Crippen LogP contribution in [0, 0.1) is 0 Å². The second-order valence-electron chi connectivity index (χ2n) is 7.72. The zero-order chi connectivity index (χ0) is 23.4. The van der Waals surface area contributed by atoms with Crippen LogP contribution in [0.4, 0.5) is 5.82 Å². The maximum absolute atomic E-state index is 12.9. The van der Waals surface area contributed by atoms with Gasteiger partial charge < -0.3 is 15.4 Å². The zero-order valence-corrected chi connectivity index (χ0v) is 19.3. The lowest BCUT2D eigenvalue weighted by Crippen LogP contribution is -2.44. The maximum Gasteiger partial charge on any atom is 0.273 e. The number of pyridine rings is 2. The lowest BCUT2D eigenvalue weighted by atomic mass is 10.1. The molecular formula is C24H25ClN6O2. The Bertz CT molecular complexity index is 1290. The Labute approximate surface area is 196 Å². The number of halogens is 1. The summed E-state index contributed by atoms with van der Waals surface area (Å²) in [7, 11) is 0. The molecule has 0 saturated carbocycles. The van der Waals surface area contributed by atoms with Crippen molar-refractivity contribution in [2.45, 2.75) is 26.4 Å². The average Bonchev–Trinajstić information content (AvgIpc) is 2.84. The van der Waals surface area contributed by atoms with Gasteiger partial charge in [-0.2, -0.15) is 0 Å². The van der Waals surface area contributed by atoms with E-state index < -0.39 is 0 Å². The monoisotopic (exact) mass is 464 g/mol. The first kappa shape index (κ1) is 22.8. The van der Waals surface area contributed by atoms with Gasteiger partial charge >= 0.3 is 0 Å². The van der Waals surface area contributed by atoms with Crippen molar-refractivity contribution in [2.75, 3.05) is 25.4 Å². The summed E-state index contributed by atoms with van der Waals surface area (Å²) in [4.78, 5) is 31.1. The molecule has 33 heavy (non-hydrogen) atoms. The first-order valence-electron chi connectivity index (χ1n) is 10.8. The van der Waals surface area contributed by atoms with Crippen molar-refractivity contribution >= 4 is 45.1 Å². The Morgan fingerprint density at radius 3 is 2.85 bits per heavy atom. The summed E-state index contributed by atoms with van der Waals surface area (Å²) in [5.74, 6) is 0.360. The molecule has 1 atom stereocenters. The number of benzene rings is 1. The van der Waals surface area contributed by atoms with Crippen LogP contribution < -0.4 is 5.73 Å². The number of aryl methyl sites for hydroxylation is 1. The number of carbonyl (C=O) groups excluding carboxylic acids is 1. The molecule has 3 aromatic heterocycles. The van der Waals surface area contributed by atoms with E-state index in [0.29, 0.717) is 41.7 Å². The van der Waals surface area contributed by atoms with Gasteiger partial charge in [-0.25, -0.2) is 15.0 Å². The minimum Gasteiger partial charge on any atom is -0.382 e. The fourth-order valence-electron chi connectivity index (χ4n) is 3.72. The maximum atomic E-state index is 12.9. The number of nitrogens with zero attached hydrogens (tertiary/aromatic N) is 5. The molecule has 2 N–H and O–H groups in total. The van der Waals surface area contributed by atoms with Crippen molar-refractivity contribution in [2.24, 2.45) is 0 Å². The van der Waals surface area contributed by atoms with Crippen LogP contribution in [0.25, 0.3) is 21.8 Å². The summed E-state index contributed by atoms with van der Waals surface area (Å²) in [6, 6.07) is 11.3. The largest absolute Gasteiger partial charge is 0.382 e. The topological polar surface area (TPSA) is 107 Å². The van der Waals surface area contributed by atoms with Crippen LogP contribution >= 0.6 is 11.6 Å². The van der Waals surface area contributed by atoms with E-state index in [-0.39, 0.29) is 12.0 Å². The molecule has 4 aromatic rings. The summed E-state index contributed by atoms with van der Waals surface area (Å²) in [5, 5.41) is 2.27. The van der Waals surface area contributed by atoms with Gasteiger partial charge in [0.1, 0.15) is 17.5 Å². The number of nitrogens with two attached hydrogens (primary N) is 1. The molecule has 1 amide bonds. The standard InChI is InChI=1S/C17H19ClN2O2.C7H6N4/c1-3-13-9-12-5-4-6-14(18)15(12)16(19-13)17(21)20-7-8-22-11(2)10-20;8-7-6-5(10-4-11-7)2-1-3-9-6/h4-6,9,11H,3,7-8,10H2,1-2H3;1-4H,(H2,8,10,11). The van der Waals surface area contributed by atoms with Crippen LogP contribution in [0.15, 0.2) is 48.9 Å². The van der Waals surface area contributed by atoms with Gasteiger partial charge in [0.2, 0.25) is 0 Å². The molecule has 1 aromatic carbocycles. The van der Waals surface area contributed by atoms with Crippen LogP contribution in [0.2, 0.25) is 5.02 Å². The van der Waals surface area contributed by atoms with Crippen LogP contribution in [0.5, 0.6) is 0 Å². The number of hydrogen-bond acceptors (Lipinski definition) is 7. The van der Waals surface area contributed by atoms with E-state index in [4.69, 9.17) is 22.1 Å². The van der Waals surface area contributed by atoms with Crippen molar-refractivity contribution in [1.82, 2.24) is 24.8 Å². The SMILES string of the molecule is CCc1cc2cccc(Cl)c2c(C(=O)N2CCOC(C)C2)n1.Nc1ncnc2cccnc12. The van der Waals surface area contributed by atoms with Gasteiger partial charge in [0.25, 0.3) is 5.91 Å². The molecule has 1 unspecified atom stereocenters. The zero-order valence-electron chi connectivity index (χ0n) is 18.5. The van der Waals surface area contributed by atoms with E-state index in [1.54, 1.807) is 17.2 Å². The van der Waals surface area contributed by atoms with E-state index in [0.717, 1.165) is 28.4 Å². The molecule has 0 bridgehead atoms. The number of morpholine rings is 1. The van der Waals surface area contributed by atoms with Gasteiger partial charge in [-0.3, -0.25) is 9.78 Å². The van der Waals surface area contributed by atoms with Gasteiger partial charge in [-0.05, 0) is 43.0 Å². The molecule has 170 valence electrons. The Hall–Kier alpha value is -3.36. The molecule has 0 aliphatic carbocycles. The Balaban J connectivity index is 0.000000196. The van der Waals surface area contributed by atoms with Crippen LogP contribution in [-0.4, -0.2) is 56.5 Å². The highest BCUT2D eigenvalue weighted by molar-refractivity contribution is 6.36. The Kier molecular flexibility index (Phi) is 6.96. The first-order valence-corrected chi connectivity index (χ1v) is 11.2. The molecule has 9 heteroatoms. The average molecular weight is 465 g/mol. The number of rotatable bonds is 2. The predicted octanol–water partition coefficient (Wildman–Crippen LogP) is 3.92. The van der Waals surface area contributed by atoms with Crippen LogP contribution in [0.3, 0.4) is 0 Å². The van der Waals surface area contributed by atoms with Crippen LogP contribution in [0.1, 0.15) is 30.0 Å². The van der Waals surface area contributed by atoms with Crippen molar-refractivity contribution in [3.63, 3.8) is 0 Å². The van der Waals surface area contributed by atoms with Gasteiger partial charge in [-0.15, -0.1) is 0 Å². The van der Waals surface area contributed by atoms with Crippen molar-refractivity contribution in [3.8, 4) is 0 Å². The molecule has 0 radical (unpaired) electrons. The molecule has 1 fully saturated rings. The smallest absolute Gasteiger partial charge is 0.273 e. The number of carbonyl (C=O) groups is 1. The lowest BCUT2D eigenvalue weighted by Gasteiger charge is -2.31. The normalized spacial score (nSPS) is 15.8.